The number of nitrogens with two attached hydrogens (primary N) is 1. The highest BCUT2D eigenvalue weighted by molar-refractivity contribution is 6.30. The van der Waals surface area contributed by atoms with Crippen molar-refractivity contribution in [3.8, 4) is 0 Å². The maximum Gasteiger partial charge on any atom is 0.240 e. The molecular weight excluding hydrogens is 274 g/mol. The lowest BCUT2D eigenvalue weighted by atomic mass is 10.1. The second kappa shape index (κ2) is 7.62. The van der Waals surface area contributed by atoms with Gasteiger partial charge in [-0.2, -0.15) is 0 Å². The van der Waals surface area contributed by atoms with Gasteiger partial charge in [0.25, 0.3) is 0 Å². The molecule has 20 heavy (non-hydrogen) atoms. The number of carbonyl (C=O) groups is 1. The van der Waals surface area contributed by atoms with E-state index in [9.17, 15) is 4.79 Å². The van der Waals surface area contributed by atoms with E-state index in [0.29, 0.717) is 13.1 Å². The molecule has 5 heteroatoms. The summed E-state index contributed by atoms with van der Waals surface area (Å²) in [7, 11) is 0. The van der Waals surface area contributed by atoms with Crippen LogP contribution in [0.3, 0.4) is 0 Å². The zero-order valence-electron chi connectivity index (χ0n) is 11.6. The Labute approximate surface area is 125 Å². The number of benzene rings is 1. The fourth-order valence-corrected chi connectivity index (χ4v) is 2.54. The average molecular weight is 296 g/mol. The summed E-state index contributed by atoms with van der Waals surface area (Å²) in [5.74, 6) is 0.0632. The molecule has 1 aromatic rings. The van der Waals surface area contributed by atoms with Crippen molar-refractivity contribution < 1.29 is 4.79 Å². The van der Waals surface area contributed by atoms with Crippen molar-refractivity contribution in [2.24, 2.45) is 5.73 Å². The minimum absolute atomic E-state index is 0.0632. The van der Waals surface area contributed by atoms with Crippen LogP contribution in [0.5, 0.6) is 0 Å². The molecular formula is C15H22ClN3O. The summed E-state index contributed by atoms with van der Waals surface area (Å²) in [5.41, 5.74) is 7.09. The van der Waals surface area contributed by atoms with Crippen molar-refractivity contribution in [1.82, 2.24) is 10.2 Å². The largest absolute Gasteiger partial charge is 0.341 e. The number of hydrogen-bond acceptors (Lipinski definition) is 3. The molecule has 110 valence electrons. The van der Waals surface area contributed by atoms with Crippen LogP contribution in [-0.4, -0.2) is 36.5 Å². The number of amides is 1. The molecule has 1 saturated heterocycles. The number of rotatable bonds is 5. The minimum Gasteiger partial charge on any atom is -0.341 e. The Hall–Kier alpha value is -1.10. The summed E-state index contributed by atoms with van der Waals surface area (Å²) in [6.45, 7) is 2.89. The molecule has 0 saturated carbocycles. The van der Waals surface area contributed by atoms with Gasteiger partial charge in [0.2, 0.25) is 5.91 Å². The second-order valence-corrected chi connectivity index (χ2v) is 5.69. The molecule has 0 spiro atoms. The van der Waals surface area contributed by atoms with E-state index in [1.807, 2.05) is 29.2 Å². The van der Waals surface area contributed by atoms with Crippen molar-refractivity contribution in [2.45, 2.75) is 31.8 Å². The second-order valence-electron chi connectivity index (χ2n) is 5.25. The van der Waals surface area contributed by atoms with E-state index in [1.165, 1.54) is 6.42 Å². The molecule has 1 atom stereocenters. The van der Waals surface area contributed by atoms with Crippen LogP contribution in [0.1, 0.15) is 24.8 Å². The summed E-state index contributed by atoms with van der Waals surface area (Å²) >= 11 is 5.83. The van der Waals surface area contributed by atoms with Gasteiger partial charge in [0, 0.05) is 31.2 Å². The first-order chi connectivity index (χ1) is 9.66. The summed E-state index contributed by atoms with van der Waals surface area (Å²) in [4.78, 5) is 14.0. The molecule has 0 aromatic heterocycles. The Bertz CT molecular complexity index is 429. The molecule has 0 aliphatic carbocycles. The number of piperidine rings is 1. The van der Waals surface area contributed by atoms with Gasteiger partial charge in [-0.1, -0.05) is 23.7 Å². The van der Waals surface area contributed by atoms with Gasteiger partial charge in [0.1, 0.15) is 0 Å². The molecule has 2 rings (SSSR count). The highest BCUT2D eigenvalue weighted by Gasteiger charge is 2.21. The Morgan fingerprint density at radius 3 is 2.55 bits per heavy atom. The summed E-state index contributed by atoms with van der Waals surface area (Å²) < 4.78 is 0. The van der Waals surface area contributed by atoms with Crippen LogP contribution in [0, 0.1) is 0 Å². The monoisotopic (exact) mass is 295 g/mol. The van der Waals surface area contributed by atoms with E-state index in [-0.39, 0.29) is 5.91 Å². The Kier molecular flexibility index (Phi) is 5.83. The number of likely N-dealkylation sites (tertiary alicyclic amines) is 1. The summed E-state index contributed by atoms with van der Waals surface area (Å²) in [5, 5.41) is 3.95. The van der Waals surface area contributed by atoms with E-state index in [1.54, 1.807) is 0 Å². The van der Waals surface area contributed by atoms with Gasteiger partial charge in [-0.3, -0.25) is 4.79 Å². The van der Waals surface area contributed by atoms with Gasteiger partial charge in [-0.05, 0) is 37.0 Å². The van der Waals surface area contributed by atoms with E-state index in [4.69, 9.17) is 17.3 Å². The molecule has 1 heterocycles. The average Bonchev–Trinajstić information content (AvgIpc) is 2.49. The van der Waals surface area contributed by atoms with Crippen molar-refractivity contribution in [3.63, 3.8) is 0 Å². The smallest absolute Gasteiger partial charge is 0.240 e. The summed E-state index contributed by atoms with van der Waals surface area (Å²) in [6.07, 6.45) is 3.40. The fourth-order valence-electron chi connectivity index (χ4n) is 2.41. The topological polar surface area (TPSA) is 58.4 Å². The van der Waals surface area contributed by atoms with Crippen molar-refractivity contribution in [3.05, 3.63) is 34.9 Å². The zero-order chi connectivity index (χ0) is 14.4. The van der Waals surface area contributed by atoms with E-state index >= 15 is 0 Å². The van der Waals surface area contributed by atoms with Crippen LogP contribution >= 0.6 is 11.6 Å². The predicted molar refractivity (Wildman–Crippen MR) is 81.6 cm³/mol. The molecule has 1 amide bonds. The number of nitrogens with zero attached hydrogens (tertiary/aromatic N) is 1. The lowest BCUT2D eigenvalue weighted by molar-refractivity contribution is -0.133. The Balaban J connectivity index is 1.72. The van der Waals surface area contributed by atoms with Crippen LogP contribution < -0.4 is 11.1 Å². The highest BCUT2D eigenvalue weighted by atomic mass is 35.5. The number of halogens is 1. The third kappa shape index (κ3) is 4.47. The third-order valence-corrected chi connectivity index (χ3v) is 3.84. The fraction of sp³-hybridized carbons (Fsp3) is 0.533. The van der Waals surface area contributed by atoms with Crippen LogP contribution in [0.4, 0.5) is 0 Å². The minimum atomic E-state index is -0.458. The Morgan fingerprint density at radius 2 is 1.90 bits per heavy atom. The van der Waals surface area contributed by atoms with Crippen LogP contribution in [0.15, 0.2) is 24.3 Å². The highest BCUT2D eigenvalue weighted by Crippen LogP contribution is 2.10. The maximum atomic E-state index is 12.1. The van der Waals surface area contributed by atoms with Gasteiger partial charge in [0.15, 0.2) is 0 Å². The lowest BCUT2D eigenvalue weighted by Crippen LogP contribution is -2.50. The van der Waals surface area contributed by atoms with Crippen LogP contribution in [0.2, 0.25) is 5.02 Å². The molecule has 3 N–H and O–H groups in total. The predicted octanol–water partition coefficient (Wildman–Crippen LogP) is 1.77. The van der Waals surface area contributed by atoms with Gasteiger partial charge in [-0.15, -0.1) is 0 Å². The number of carbonyl (C=O) groups excluding carboxylic acids is 1. The molecule has 1 aromatic carbocycles. The zero-order valence-corrected chi connectivity index (χ0v) is 12.4. The first-order valence-corrected chi connectivity index (χ1v) is 7.54. The van der Waals surface area contributed by atoms with Crippen LogP contribution in [0.25, 0.3) is 0 Å². The first-order valence-electron chi connectivity index (χ1n) is 7.16. The van der Waals surface area contributed by atoms with Gasteiger partial charge >= 0.3 is 0 Å². The maximum absolute atomic E-state index is 12.1. The van der Waals surface area contributed by atoms with E-state index < -0.39 is 6.04 Å². The van der Waals surface area contributed by atoms with Gasteiger partial charge < -0.3 is 16.0 Å². The van der Waals surface area contributed by atoms with Crippen molar-refractivity contribution in [2.75, 3.05) is 19.6 Å². The molecule has 1 aliphatic heterocycles. The third-order valence-electron chi connectivity index (χ3n) is 3.59. The van der Waals surface area contributed by atoms with E-state index in [2.05, 4.69) is 5.32 Å². The number of nitrogens with one attached hydrogen (secondary N) is 1. The molecule has 1 fully saturated rings. The van der Waals surface area contributed by atoms with Gasteiger partial charge in [0.05, 0.1) is 6.04 Å². The summed E-state index contributed by atoms with van der Waals surface area (Å²) in [6, 6.07) is 7.19. The van der Waals surface area contributed by atoms with Crippen molar-refractivity contribution in [1.29, 1.82) is 0 Å². The molecule has 1 unspecified atom stereocenters. The standard InChI is InChI=1S/C15H22ClN3O/c16-13-6-4-12(5-7-13)10-18-11-14(17)15(20)19-8-2-1-3-9-19/h4-7,14,18H,1-3,8-11,17H2. The van der Waals surface area contributed by atoms with Gasteiger partial charge in [-0.25, -0.2) is 0 Å². The normalized spacial score (nSPS) is 17.0. The SMILES string of the molecule is NC(CNCc1ccc(Cl)cc1)C(=O)N1CCCCC1. The lowest BCUT2D eigenvalue weighted by Gasteiger charge is -2.29. The molecule has 0 bridgehead atoms. The first kappa shape index (κ1) is 15.3. The van der Waals surface area contributed by atoms with Crippen molar-refractivity contribution >= 4 is 17.5 Å². The van der Waals surface area contributed by atoms with Crippen LogP contribution in [-0.2, 0) is 11.3 Å². The molecule has 4 nitrogen and oxygen atoms in total. The quantitative estimate of drug-likeness (QED) is 0.870. The van der Waals surface area contributed by atoms with E-state index in [0.717, 1.165) is 36.5 Å². The molecule has 1 aliphatic rings. The Morgan fingerprint density at radius 1 is 1.25 bits per heavy atom. The number of hydrogen-bond donors (Lipinski definition) is 2. The molecule has 0 radical (unpaired) electrons.